The zero-order chi connectivity index (χ0) is 53.4. The van der Waals surface area contributed by atoms with Gasteiger partial charge in [-0.2, -0.15) is 5.26 Å². The smallest absolute Gasteiger partial charge is 0.308 e. The Bertz CT molecular complexity index is 2620. The summed E-state index contributed by atoms with van der Waals surface area (Å²) in [4.78, 5) is 75.0. The van der Waals surface area contributed by atoms with Crippen LogP contribution in [0, 0.1) is 46.3 Å². The molecule has 0 spiro atoms. The van der Waals surface area contributed by atoms with Gasteiger partial charge in [0, 0.05) is 66.1 Å². The number of thiazole rings is 1. The fourth-order valence-corrected chi connectivity index (χ4v) is 11.3. The number of nitriles is 1. The van der Waals surface area contributed by atoms with Crippen LogP contribution in [0.1, 0.15) is 135 Å². The number of unbranched alkanes of at least 4 members (excludes halogenated alkanes) is 2. The molecule has 3 N–H and O–H groups in total. The fourth-order valence-electron chi connectivity index (χ4n) is 10.3. The third-order valence-corrected chi connectivity index (χ3v) is 15.6. The number of aryl methyl sites for hydroxylation is 1. The zero-order valence-corrected chi connectivity index (χ0v) is 45.8. The Hall–Kier alpha value is -5.82. The molecule has 2 fully saturated rings. The molecule has 16 heteroatoms. The number of hydrogen-bond acceptors (Lipinski definition) is 12. The van der Waals surface area contributed by atoms with Crippen molar-refractivity contribution in [3.8, 4) is 22.3 Å². The SMILES string of the molecule is Cc1ncsc1-c1ccc([C@H](C)NC(=O)[C@@H]2C[C@@H](OC(=O)C(C)C)CN2C(=O)[C@@H](CC(=O)COCCCCCNc2ccc(C(=O)NC3C(C)(C)C(Oc4ccc(C#N)c(Cl)c4)C3(C)C)cc2)C(C)(C)C)cc1. The number of ketones is 1. The summed E-state index contributed by atoms with van der Waals surface area (Å²) in [6, 6.07) is 21.0. The second-order valence-corrected chi connectivity index (χ2v) is 23.4. The van der Waals surface area contributed by atoms with Gasteiger partial charge >= 0.3 is 5.97 Å². The first-order valence-corrected chi connectivity index (χ1v) is 26.6. The second-order valence-electron chi connectivity index (χ2n) is 22.2. The van der Waals surface area contributed by atoms with Gasteiger partial charge in [-0.25, -0.2) is 4.98 Å². The molecule has 0 bridgehead atoms. The maximum absolute atomic E-state index is 14.5. The summed E-state index contributed by atoms with van der Waals surface area (Å²) in [6.07, 6.45) is 1.68. The van der Waals surface area contributed by atoms with E-state index in [0.29, 0.717) is 35.1 Å². The highest BCUT2D eigenvalue weighted by Gasteiger charge is 2.64. The van der Waals surface area contributed by atoms with Crippen molar-refractivity contribution in [2.45, 2.75) is 139 Å². The van der Waals surface area contributed by atoms with Crippen LogP contribution in [0.4, 0.5) is 5.69 Å². The standard InChI is InChI=1S/C57H73ClN6O8S/c1-34(2)52(69)71-44-29-47(50(67)62-35(3)37-15-17-38(18-16-37)48-36(4)61-33-73-48)64(31-44)51(68)45(55(5,6)7)27-42(65)32-70-26-14-12-13-25-60-41-22-19-39(20-23-41)49(66)63-53-56(8,9)54(57(53,10)11)72-43-24-21-40(30-59)46(58)28-43/h15-24,28,33-35,44-45,47,53-54,60H,12-14,25-27,29,31-32H2,1-11H3,(H,62,67)(H,63,66)/t35-,44+,45+,47-,53?,54?/m0/s1. The maximum atomic E-state index is 14.5. The van der Waals surface area contributed by atoms with Crippen LogP contribution in [0.5, 0.6) is 5.75 Å². The third-order valence-electron chi connectivity index (χ3n) is 14.3. The van der Waals surface area contributed by atoms with Gasteiger partial charge in [0.15, 0.2) is 5.78 Å². The average Bonchev–Trinajstić information content (AvgIpc) is 3.98. The van der Waals surface area contributed by atoms with Crippen molar-refractivity contribution in [1.82, 2.24) is 20.5 Å². The van der Waals surface area contributed by atoms with Gasteiger partial charge in [-0.3, -0.25) is 24.0 Å². The van der Waals surface area contributed by atoms with E-state index in [1.54, 1.807) is 55.5 Å². The summed E-state index contributed by atoms with van der Waals surface area (Å²) in [7, 11) is 0. The molecule has 392 valence electrons. The van der Waals surface area contributed by atoms with E-state index in [1.165, 1.54) is 4.90 Å². The van der Waals surface area contributed by atoms with Crippen LogP contribution in [-0.2, 0) is 28.7 Å². The molecule has 1 aliphatic heterocycles. The van der Waals surface area contributed by atoms with Crippen molar-refractivity contribution in [2.75, 3.05) is 31.6 Å². The van der Waals surface area contributed by atoms with Crippen LogP contribution in [0.2, 0.25) is 5.02 Å². The number of likely N-dealkylation sites (tertiary alicyclic amines) is 1. The quantitative estimate of drug-likeness (QED) is 0.0502. The van der Waals surface area contributed by atoms with Gasteiger partial charge in [-0.1, -0.05) is 98.2 Å². The minimum absolute atomic E-state index is 0.0528. The molecule has 3 amide bonds. The van der Waals surface area contributed by atoms with Gasteiger partial charge in [0.25, 0.3) is 5.91 Å². The van der Waals surface area contributed by atoms with Crippen LogP contribution in [0.3, 0.4) is 0 Å². The molecule has 1 aliphatic carbocycles. The van der Waals surface area contributed by atoms with Crippen LogP contribution in [-0.4, -0.2) is 90.0 Å². The highest BCUT2D eigenvalue weighted by molar-refractivity contribution is 7.13. The number of esters is 1. The Morgan fingerprint density at radius 1 is 0.945 bits per heavy atom. The number of anilines is 1. The van der Waals surface area contributed by atoms with E-state index in [2.05, 4.69) is 54.7 Å². The Balaban J connectivity index is 0.930. The van der Waals surface area contributed by atoms with Crippen LogP contribution in [0.15, 0.2) is 72.2 Å². The van der Waals surface area contributed by atoms with Gasteiger partial charge in [-0.05, 0) is 86.1 Å². The lowest BCUT2D eigenvalue weighted by Gasteiger charge is -2.63. The number of benzene rings is 3. The molecule has 73 heavy (non-hydrogen) atoms. The number of nitrogens with zero attached hydrogens (tertiary/aromatic N) is 3. The molecule has 2 aliphatic rings. The van der Waals surface area contributed by atoms with E-state index in [-0.39, 0.29) is 84.4 Å². The summed E-state index contributed by atoms with van der Waals surface area (Å²) >= 11 is 7.82. The molecule has 0 unspecified atom stereocenters. The number of rotatable bonds is 22. The number of hydrogen-bond donors (Lipinski definition) is 3. The number of ether oxygens (including phenoxy) is 3. The second kappa shape index (κ2) is 24.0. The third kappa shape index (κ3) is 13.9. The Labute approximate surface area is 440 Å². The van der Waals surface area contributed by atoms with E-state index in [0.717, 1.165) is 46.6 Å². The summed E-state index contributed by atoms with van der Waals surface area (Å²) in [5.41, 5.74) is 5.16. The number of amides is 3. The number of nitrogens with one attached hydrogen (secondary N) is 3. The Morgan fingerprint density at radius 3 is 2.23 bits per heavy atom. The van der Waals surface area contributed by atoms with Crippen molar-refractivity contribution in [2.24, 2.45) is 28.1 Å². The molecule has 4 aromatic rings. The lowest BCUT2D eigenvalue weighted by Crippen LogP contribution is -2.74. The van der Waals surface area contributed by atoms with Crippen LogP contribution in [0.25, 0.3) is 10.4 Å². The number of carbonyl (C=O) groups is 5. The molecule has 1 saturated heterocycles. The number of aromatic nitrogens is 1. The lowest BCUT2D eigenvalue weighted by molar-refractivity contribution is -0.164. The highest BCUT2D eigenvalue weighted by atomic mass is 35.5. The van der Waals surface area contributed by atoms with Crippen molar-refractivity contribution >= 4 is 58.1 Å². The number of Topliss-reactive ketones (excluding diaryl/α,β-unsaturated/α-hetero) is 1. The van der Waals surface area contributed by atoms with Gasteiger partial charge in [0.2, 0.25) is 11.8 Å². The first-order valence-electron chi connectivity index (χ1n) is 25.3. The minimum atomic E-state index is -0.895. The van der Waals surface area contributed by atoms with Gasteiger partial charge < -0.3 is 35.1 Å². The average molecular weight is 1040 g/mol. The van der Waals surface area contributed by atoms with E-state index in [9.17, 15) is 29.2 Å². The predicted molar refractivity (Wildman–Crippen MR) is 285 cm³/mol. The summed E-state index contributed by atoms with van der Waals surface area (Å²) in [6.45, 7) is 22.4. The Morgan fingerprint density at radius 2 is 1.63 bits per heavy atom. The molecule has 0 radical (unpaired) electrons. The van der Waals surface area contributed by atoms with Crippen LogP contribution < -0.4 is 20.7 Å². The number of halogens is 1. The molecule has 3 aromatic carbocycles. The number of carbonyl (C=O) groups excluding carboxylic acids is 5. The van der Waals surface area contributed by atoms with Crippen molar-refractivity contribution in [1.29, 1.82) is 5.26 Å². The van der Waals surface area contributed by atoms with E-state index >= 15 is 0 Å². The first kappa shape index (κ1) is 56.5. The lowest BCUT2D eigenvalue weighted by atomic mass is 9.49. The topological polar surface area (TPSA) is 189 Å². The predicted octanol–water partition coefficient (Wildman–Crippen LogP) is 10.5. The van der Waals surface area contributed by atoms with Crippen molar-refractivity contribution < 1.29 is 38.2 Å². The molecular weight excluding hydrogens is 964 g/mol. The molecule has 14 nitrogen and oxygen atoms in total. The van der Waals surface area contributed by atoms with Gasteiger partial charge in [0.1, 0.15) is 36.7 Å². The van der Waals surface area contributed by atoms with Crippen molar-refractivity contribution in [3.63, 3.8) is 0 Å². The molecule has 4 atom stereocenters. The molecule has 2 heterocycles. The normalized spacial score (nSPS) is 19.8. The first-order chi connectivity index (χ1) is 34.4. The molecule has 6 rings (SSSR count). The molecular formula is C57H73ClN6O8S. The Kier molecular flexibility index (Phi) is 18.6. The molecule has 1 aromatic heterocycles. The minimum Gasteiger partial charge on any atom is -0.489 e. The van der Waals surface area contributed by atoms with E-state index < -0.39 is 29.4 Å². The van der Waals surface area contributed by atoms with Crippen LogP contribution >= 0.6 is 22.9 Å². The van der Waals surface area contributed by atoms with Gasteiger partial charge in [0.05, 0.1) is 45.2 Å². The largest absolute Gasteiger partial charge is 0.489 e. The van der Waals surface area contributed by atoms with Crippen molar-refractivity contribution in [3.05, 3.63) is 99.6 Å². The summed E-state index contributed by atoms with van der Waals surface area (Å²) < 4.78 is 18.0. The summed E-state index contributed by atoms with van der Waals surface area (Å²) in [5.74, 6) is -2.00. The maximum Gasteiger partial charge on any atom is 0.308 e. The zero-order valence-electron chi connectivity index (χ0n) is 44.2. The summed E-state index contributed by atoms with van der Waals surface area (Å²) in [5, 5.41) is 19.3. The van der Waals surface area contributed by atoms with E-state index in [1.807, 2.05) is 76.5 Å². The highest BCUT2D eigenvalue weighted by Crippen LogP contribution is 2.55. The fraction of sp³-hybridized carbons (Fsp3) is 0.526. The monoisotopic (exact) mass is 1040 g/mol. The van der Waals surface area contributed by atoms with E-state index in [4.69, 9.17) is 25.8 Å². The molecule has 1 saturated carbocycles. The van der Waals surface area contributed by atoms with Gasteiger partial charge in [-0.15, -0.1) is 11.3 Å².